The molecule has 0 saturated carbocycles. The molecule has 2 saturated heterocycles. The van der Waals surface area contributed by atoms with Crippen LogP contribution in [0.2, 0.25) is 10.0 Å². The Morgan fingerprint density at radius 1 is 1.38 bits per heavy atom. The third-order valence-corrected chi connectivity index (χ3v) is 6.35. The molecule has 150 valence electrons. The third-order valence-electron chi connectivity index (χ3n) is 5.76. The summed E-state index contributed by atoms with van der Waals surface area (Å²) in [6.07, 6.45) is 3.33. The fourth-order valence-corrected chi connectivity index (χ4v) is 4.91. The van der Waals surface area contributed by atoms with E-state index in [0.29, 0.717) is 28.2 Å². The molecule has 4 heterocycles. The highest BCUT2D eigenvalue weighted by atomic mass is 35.5. The molecule has 3 aliphatic rings. The van der Waals surface area contributed by atoms with Crippen molar-refractivity contribution < 1.29 is 18.8 Å². The van der Waals surface area contributed by atoms with Crippen molar-refractivity contribution in [2.45, 2.75) is 25.2 Å². The van der Waals surface area contributed by atoms with E-state index in [9.17, 15) is 9.59 Å². The van der Waals surface area contributed by atoms with Gasteiger partial charge in [0.2, 0.25) is 11.8 Å². The Balaban J connectivity index is 1.36. The first-order valence-electron chi connectivity index (χ1n) is 9.21. The molecule has 0 unspecified atom stereocenters. The number of aromatic nitrogens is 1. The van der Waals surface area contributed by atoms with Crippen LogP contribution in [0.25, 0.3) is 0 Å². The van der Waals surface area contributed by atoms with Crippen LogP contribution in [0, 0.1) is 18.8 Å². The molecular weight excluding hydrogens is 417 g/mol. The molecule has 4 atom stereocenters. The number of ether oxygens (including phenoxy) is 1. The van der Waals surface area contributed by atoms with Gasteiger partial charge in [0.1, 0.15) is 11.4 Å². The maximum Gasteiger partial charge on any atom is 0.235 e. The van der Waals surface area contributed by atoms with Crippen molar-refractivity contribution in [1.29, 1.82) is 0 Å². The Morgan fingerprint density at radius 3 is 2.93 bits per heavy atom. The van der Waals surface area contributed by atoms with E-state index in [1.807, 2.05) is 12.2 Å². The van der Waals surface area contributed by atoms with E-state index in [4.69, 9.17) is 32.5 Å². The van der Waals surface area contributed by atoms with E-state index in [2.05, 4.69) is 10.5 Å². The molecule has 1 aromatic heterocycles. The second-order valence-electron chi connectivity index (χ2n) is 7.57. The zero-order valence-corrected chi connectivity index (χ0v) is 16.9. The molecule has 29 heavy (non-hydrogen) atoms. The summed E-state index contributed by atoms with van der Waals surface area (Å²) in [6, 6.07) is 6.80. The topological polar surface area (TPSA) is 84.7 Å². The lowest BCUT2D eigenvalue weighted by molar-refractivity contribution is -0.132. The molecule has 1 spiro atoms. The Kier molecular flexibility index (Phi) is 4.24. The summed E-state index contributed by atoms with van der Waals surface area (Å²) in [5, 5.41) is 7.83. The molecule has 1 N–H and O–H groups in total. The minimum absolute atomic E-state index is 0.185. The van der Waals surface area contributed by atoms with Gasteiger partial charge >= 0.3 is 0 Å². The molecule has 2 bridgehead atoms. The highest BCUT2D eigenvalue weighted by Gasteiger charge is 2.67. The van der Waals surface area contributed by atoms with E-state index >= 15 is 0 Å². The number of anilines is 1. The predicted molar refractivity (Wildman–Crippen MR) is 106 cm³/mol. The number of amides is 2. The summed E-state index contributed by atoms with van der Waals surface area (Å²) in [5.74, 6) is -0.605. The maximum absolute atomic E-state index is 13.2. The molecule has 2 amide bonds. The molecule has 9 heteroatoms. The number of halogens is 2. The smallest absolute Gasteiger partial charge is 0.235 e. The normalized spacial score (nSPS) is 29.6. The second kappa shape index (κ2) is 6.58. The zero-order chi connectivity index (χ0) is 20.3. The van der Waals surface area contributed by atoms with Gasteiger partial charge in [0.15, 0.2) is 5.82 Å². The fourth-order valence-electron chi connectivity index (χ4n) is 4.44. The molecule has 5 rings (SSSR count). The number of nitrogens with zero attached hydrogens (tertiary/aromatic N) is 2. The number of carbonyl (C=O) groups excluding carboxylic acids is 2. The van der Waals surface area contributed by atoms with Crippen molar-refractivity contribution in [3.05, 3.63) is 57.8 Å². The second-order valence-corrected chi connectivity index (χ2v) is 8.42. The van der Waals surface area contributed by atoms with Gasteiger partial charge in [-0.05, 0) is 24.6 Å². The van der Waals surface area contributed by atoms with Gasteiger partial charge in [0, 0.05) is 22.7 Å². The lowest BCUT2D eigenvalue weighted by Crippen LogP contribution is -2.44. The van der Waals surface area contributed by atoms with Crippen molar-refractivity contribution in [3.63, 3.8) is 0 Å². The van der Waals surface area contributed by atoms with E-state index in [-0.39, 0.29) is 18.4 Å². The number of hydrogen-bond acceptors (Lipinski definition) is 5. The van der Waals surface area contributed by atoms with Crippen LogP contribution in [0.15, 0.2) is 40.9 Å². The van der Waals surface area contributed by atoms with E-state index in [1.54, 1.807) is 31.2 Å². The van der Waals surface area contributed by atoms with Crippen molar-refractivity contribution in [2.24, 2.45) is 11.8 Å². The van der Waals surface area contributed by atoms with E-state index in [1.165, 1.54) is 4.90 Å². The maximum atomic E-state index is 13.2. The van der Waals surface area contributed by atoms with Crippen molar-refractivity contribution in [2.75, 3.05) is 11.4 Å². The SMILES string of the molecule is Cc1cc(N2C[C@]34C=C[C@@H](O3)[C@@H](C(=O)NCc3ccc(Cl)cc3Cl)[C@H]4C2=O)no1. The Labute approximate surface area is 176 Å². The van der Waals surface area contributed by atoms with Crippen molar-refractivity contribution in [3.8, 4) is 0 Å². The summed E-state index contributed by atoms with van der Waals surface area (Å²) in [6.45, 7) is 2.31. The number of benzene rings is 1. The van der Waals surface area contributed by atoms with Gasteiger partial charge in [-0.1, -0.05) is 46.6 Å². The Bertz CT molecular complexity index is 1050. The number of fused-ring (bicyclic) bond motifs is 1. The summed E-state index contributed by atoms with van der Waals surface area (Å²) < 4.78 is 11.2. The lowest BCUT2D eigenvalue weighted by Gasteiger charge is -2.23. The molecule has 0 radical (unpaired) electrons. The molecule has 0 aliphatic carbocycles. The quantitative estimate of drug-likeness (QED) is 0.749. The lowest BCUT2D eigenvalue weighted by atomic mass is 9.77. The van der Waals surface area contributed by atoms with Crippen LogP contribution in [0.4, 0.5) is 5.82 Å². The highest BCUT2D eigenvalue weighted by Crippen LogP contribution is 2.52. The van der Waals surface area contributed by atoms with Gasteiger partial charge in [-0.25, -0.2) is 0 Å². The zero-order valence-electron chi connectivity index (χ0n) is 15.4. The summed E-state index contributed by atoms with van der Waals surface area (Å²) in [4.78, 5) is 27.7. The Hall–Kier alpha value is -2.35. The van der Waals surface area contributed by atoms with Crippen molar-refractivity contribution in [1.82, 2.24) is 10.5 Å². The minimum atomic E-state index is -0.811. The third kappa shape index (κ3) is 2.87. The molecule has 7 nitrogen and oxygen atoms in total. The van der Waals surface area contributed by atoms with Crippen LogP contribution in [0.5, 0.6) is 0 Å². The van der Waals surface area contributed by atoms with Gasteiger partial charge in [-0.3, -0.25) is 14.5 Å². The molecular formula is C20H17Cl2N3O4. The predicted octanol–water partition coefficient (Wildman–Crippen LogP) is 2.89. The molecule has 3 aliphatic heterocycles. The average Bonchev–Trinajstić information content (AvgIpc) is 3.42. The number of rotatable bonds is 4. The standard InChI is InChI=1S/C20H17Cl2N3O4/c1-10-6-15(24-29-10)25-9-20-5-4-14(28-20)16(17(20)19(25)27)18(26)23-8-11-2-3-12(21)7-13(11)22/h2-7,14,16-17H,8-9H2,1H3,(H,23,26)/t14-,16-,17+,20+/m1/s1. The summed E-state index contributed by atoms with van der Waals surface area (Å²) >= 11 is 12.1. The molecule has 1 aromatic carbocycles. The van der Waals surface area contributed by atoms with Gasteiger partial charge in [0.25, 0.3) is 0 Å². The van der Waals surface area contributed by atoms with Crippen LogP contribution >= 0.6 is 23.2 Å². The van der Waals surface area contributed by atoms with Crippen LogP contribution < -0.4 is 10.2 Å². The summed E-state index contributed by atoms with van der Waals surface area (Å²) in [7, 11) is 0. The van der Waals surface area contributed by atoms with E-state index in [0.717, 1.165) is 5.56 Å². The minimum Gasteiger partial charge on any atom is -0.360 e. The first-order chi connectivity index (χ1) is 13.9. The Morgan fingerprint density at radius 2 is 2.21 bits per heavy atom. The number of aryl methyl sites for hydroxylation is 1. The van der Waals surface area contributed by atoms with Gasteiger partial charge < -0.3 is 14.6 Å². The van der Waals surface area contributed by atoms with Gasteiger partial charge in [0.05, 0.1) is 24.5 Å². The van der Waals surface area contributed by atoms with Crippen LogP contribution in [-0.2, 0) is 20.9 Å². The average molecular weight is 434 g/mol. The number of nitrogens with one attached hydrogen (secondary N) is 1. The number of carbonyl (C=O) groups is 2. The highest BCUT2D eigenvalue weighted by molar-refractivity contribution is 6.35. The number of hydrogen-bond donors (Lipinski definition) is 1. The molecule has 2 fully saturated rings. The first kappa shape index (κ1) is 18.7. The monoisotopic (exact) mass is 433 g/mol. The van der Waals surface area contributed by atoms with Gasteiger partial charge in [-0.15, -0.1) is 0 Å². The van der Waals surface area contributed by atoms with Crippen LogP contribution in [-0.4, -0.2) is 35.2 Å². The largest absolute Gasteiger partial charge is 0.360 e. The molecule has 2 aromatic rings. The van der Waals surface area contributed by atoms with E-state index < -0.39 is 23.5 Å². The fraction of sp³-hybridized carbons (Fsp3) is 0.350. The summed E-state index contributed by atoms with van der Waals surface area (Å²) in [5.41, 5.74) is -0.0645. The van der Waals surface area contributed by atoms with Gasteiger partial charge in [-0.2, -0.15) is 0 Å². The van der Waals surface area contributed by atoms with Crippen molar-refractivity contribution >= 4 is 40.8 Å². The first-order valence-corrected chi connectivity index (χ1v) is 9.97. The van der Waals surface area contributed by atoms with Crippen LogP contribution in [0.1, 0.15) is 11.3 Å². The van der Waals surface area contributed by atoms with Crippen LogP contribution in [0.3, 0.4) is 0 Å².